The number of nitrogens with zero attached hydrogens (tertiary/aromatic N) is 5. The molecule has 2 aromatic heterocycles. The number of hydrogen-bond acceptors (Lipinski definition) is 5. The molecule has 0 saturated carbocycles. The molecule has 158 valence electrons. The maximum atomic E-state index is 13.7. The summed E-state index contributed by atoms with van der Waals surface area (Å²) in [6, 6.07) is 10.2. The number of pyridine rings is 1. The van der Waals surface area contributed by atoms with E-state index in [0.717, 1.165) is 50.0 Å². The van der Waals surface area contributed by atoms with E-state index < -0.39 is 0 Å². The van der Waals surface area contributed by atoms with Crippen molar-refractivity contribution in [3.05, 3.63) is 65.6 Å². The first-order chi connectivity index (χ1) is 15.2. The molecule has 0 aliphatic carbocycles. The number of carbonyl (C=O) groups is 1. The zero-order valence-corrected chi connectivity index (χ0v) is 17.9. The molecule has 4 heterocycles. The maximum Gasteiger partial charge on any atom is 0.262 e. The summed E-state index contributed by atoms with van der Waals surface area (Å²) in [5.41, 5.74) is 5.48. The molecule has 2 aliphatic heterocycles. The van der Waals surface area contributed by atoms with Crippen molar-refractivity contribution in [2.24, 2.45) is 0 Å². The lowest BCUT2D eigenvalue weighted by Crippen LogP contribution is -2.36. The number of benzene rings is 1. The fourth-order valence-electron chi connectivity index (χ4n) is 4.58. The van der Waals surface area contributed by atoms with Gasteiger partial charge in [-0.05, 0) is 62.8 Å². The molecule has 6 nitrogen and oxygen atoms in total. The lowest BCUT2D eigenvalue weighted by Gasteiger charge is -2.31. The van der Waals surface area contributed by atoms with Crippen molar-refractivity contribution in [3.63, 3.8) is 0 Å². The van der Waals surface area contributed by atoms with Gasteiger partial charge in [0.25, 0.3) is 5.91 Å². The fourth-order valence-corrected chi connectivity index (χ4v) is 4.58. The molecule has 0 spiro atoms. The van der Waals surface area contributed by atoms with E-state index in [1.54, 1.807) is 18.6 Å². The van der Waals surface area contributed by atoms with Gasteiger partial charge in [0.2, 0.25) is 5.95 Å². The smallest absolute Gasteiger partial charge is 0.262 e. The highest BCUT2D eigenvalue weighted by Crippen LogP contribution is 2.32. The summed E-state index contributed by atoms with van der Waals surface area (Å²) in [6.45, 7) is 4.71. The van der Waals surface area contributed by atoms with E-state index in [9.17, 15) is 4.79 Å². The number of piperidine rings is 1. The first-order valence-electron chi connectivity index (χ1n) is 11.1. The van der Waals surface area contributed by atoms with Crippen molar-refractivity contribution >= 4 is 17.5 Å². The first-order valence-corrected chi connectivity index (χ1v) is 11.1. The van der Waals surface area contributed by atoms with Crippen LogP contribution in [0.3, 0.4) is 0 Å². The monoisotopic (exact) mass is 413 g/mol. The van der Waals surface area contributed by atoms with E-state index in [1.807, 2.05) is 17.0 Å². The minimum atomic E-state index is -0.0474. The summed E-state index contributed by atoms with van der Waals surface area (Å²) < 4.78 is 0. The van der Waals surface area contributed by atoms with Crippen molar-refractivity contribution in [1.82, 2.24) is 15.0 Å². The summed E-state index contributed by atoms with van der Waals surface area (Å²) in [5.74, 6) is 0.652. The van der Waals surface area contributed by atoms with Gasteiger partial charge in [0.05, 0.1) is 11.3 Å². The average molecular weight is 414 g/mol. The number of rotatable bonds is 3. The number of anilines is 2. The van der Waals surface area contributed by atoms with E-state index >= 15 is 0 Å². The van der Waals surface area contributed by atoms with Crippen LogP contribution in [0.4, 0.5) is 11.6 Å². The van der Waals surface area contributed by atoms with Crippen LogP contribution in [0.15, 0.2) is 48.9 Å². The summed E-state index contributed by atoms with van der Waals surface area (Å²) in [7, 11) is 0. The van der Waals surface area contributed by atoms with Crippen LogP contribution in [0, 0.1) is 6.92 Å². The maximum absolute atomic E-state index is 13.7. The van der Waals surface area contributed by atoms with Crippen LogP contribution in [0.25, 0.3) is 11.3 Å². The van der Waals surface area contributed by atoms with E-state index in [4.69, 9.17) is 4.98 Å². The highest BCUT2D eigenvalue weighted by atomic mass is 16.2. The molecule has 0 N–H and O–H groups in total. The molecule has 1 saturated heterocycles. The Morgan fingerprint density at radius 3 is 2.68 bits per heavy atom. The lowest BCUT2D eigenvalue weighted by atomic mass is 9.98. The third-order valence-corrected chi connectivity index (χ3v) is 6.18. The second kappa shape index (κ2) is 8.46. The Labute approximate surface area is 183 Å². The Hall–Kier alpha value is -3.28. The zero-order chi connectivity index (χ0) is 21.2. The summed E-state index contributed by atoms with van der Waals surface area (Å²) in [5, 5.41) is 0. The third kappa shape index (κ3) is 3.90. The molecule has 31 heavy (non-hydrogen) atoms. The molecular formula is C25H27N5O. The zero-order valence-electron chi connectivity index (χ0n) is 17.9. The summed E-state index contributed by atoms with van der Waals surface area (Å²) in [6.07, 6.45) is 10.7. The molecule has 6 heteroatoms. The SMILES string of the molecule is Cc1ccc2c(c1)CCCN2C(=O)c1cnc(N2CCCCC2)nc1-c1cccnc1. The second-order valence-electron chi connectivity index (χ2n) is 8.41. The van der Waals surface area contributed by atoms with Gasteiger partial charge in [0.15, 0.2) is 0 Å². The van der Waals surface area contributed by atoms with Crippen LogP contribution >= 0.6 is 0 Å². The number of amides is 1. The molecule has 1 fully saturated rings. The predicted molar refractivity (Wildman–Crippen MR) is 123 cm³/mol. The predicted octanol–water partition coefficient (Wildman–Crippen LogP) is 4.43. The molecule has 0 unspecified atom stereocenters. The van der Waals surface area contributed by atoms with Crippen molar-refractivity contribution in [2.45, 2.75) is 39.0 Å². The van der Waals surface area contributed by atoms with E-state index in [1.165, 1.54) is 17.5 Å². The Bertz CT molecular complexity index is 1090. The van der Waals surface area contributed by atoms with Gasteiger partial charge in [-0.2, -0.15) is 0 Å². The molecule has 1 amide bonds. The molecule has 2 aliphatic rings. The van der Waals surface area contributed by atoms with Crippen LogP contribution < -0.4 is 9.80 Å². The highest BCUT2D eigenvalue weighted by Gasteiger charge is 2.27. The minimum absolute atomic E-state index is 0.0474. The Balaban J connectivity index is 1.56. The number of aromatic nitrogens is 3. The molecule has 1 aromatic carbocycles. The molecule has 0 bridgehead atoms. The van der Waals surface area contributed by atoms with Gasteiger partial charge in [-0.15, -0.1) is 0 Å². The fraction of sp³-hybridized carbons (Fsp3) is 0.360. The van der Waals surface area contributed by atoms with Crippen molar-refractivity contribution in [3.8, 4) is 11.3 Å². The minimum Gasteiger partial charge on any atom is -0.341 e. The Morgan fingerprint density at radius 2 is 1.87 bits per heavy atom. The number of hydrogen-bond donors (Lipinski definition) is 0. The van der Waals surface area contributed by atoms with E-state index in [-0.39, 0.29) is 5.91 Å². The van der Waals surface area contributed by atoms with E-state index in [0.29, 0.717) is 23.8 Å². The van der Waals surface area contributed by atoms with Crippen LogP contribution in [-0.2, 0) is 6.42 Å². The van der Waals surface area contributed by atoms with Gasteiger partial charge in [0.1, 0.15) is 0 Å². The van der Waals surface area contributed by atoms with Crippen LogP contribution in [0.2, 0.25) is 0 Å². The van der Waals surface area contributed by atoms with Crippen molar-refractivity contribution < 1.29 is 4.79 Å². The molecule has 5 rings (SSSR count). The number of fused-ring (bicyclic) bond motifs is 1. The van der Waals surface area contributed by atoms with Crippen LogP contribution in [0.5, 0.6) is 0 Å². The van der Waals surface area contributed by atoms with Gasteiger partial charge >= 0.3 is 0 Å². The largest absolute Gasteiger partial charge is 0.341 e. The lowest BCUT2D eigenvalue weighted by molar-refractivity contribution is 0.0985. The third-order valence-electron chi connectivity index (χ3n) is 6.18. The van der Waals surface area contributed by atoms with Crippen molar-refractivity contribution in [1.29, 1.82) is 0 Å². The van der Waals surface area contributed by atoms with Crippen LogP contribution in [-0.4, -0.2) is 40.5 Å². The molecule has 0 radical (unpaired) electrons. The highest BCUT2D eigenvalue weighted by molar-refractivity contribution is 6.10. The second-order valence-corrected chi connectivity index (χ2v) is 8.41. The number of carbonyl (C=O) groups excluding carboxylic acids is 1. The average Bonchev–Trinajstić information content (AvgIpc) is 2.84. The van der Waals surface area contributed by atoms with Gasteiger partial charge in [-0.1, -0.05) is 17.7 Å². The summed E-state index contributed by atoms with van der Waals surface area (Å²) in [4.78, 5) is 31.6. The Morgan fingerprint density at radius 1 is 1.00 bits per heavy atom. The van der Waals surface area contributed by atoms with E-state index in [2.05, 4.69) is 40.0 Å². The summed E-state index contributed by atoms with van der Waals surface area (Å²) >= 11 is 0. The van der Waals surface area contributed by atoms with Gasteiger partial charge in [-0.3, -0.25) is 9.78 Å². The molecule has 0 atom stereocenters. The normalized spacial score (nSPS) is 16.2. The van der Waals surface area contributed by atoms with Gasteiger partial charge in [-0.25, -0.2) is 9.97 Å². The number of aryl methyl sites for hydroxylation is 2. The quantitative estimate of drug-likeness (QED) is 0.636. The molecule has 3 aromatic rings. The van der Waals surface area contributed by atoms with Crippen LogP contribution in [0.1, 0.15) is 47.2 Å². The standard InChI is InChI=1S/C25H27N5O/c1-18-9-10-22-19(15-18)8-6-14-30(22)24(31)21-17-27-25(29-12-3-2-4-13-29)28-23(21)20-7-5-11-26-16-20/h5,7,9-11,15-17H,2-4,6,8,12-14H2,1H3. The topological polar surface area (TPSA) is 62.2 Å². The molecular weight excluding hydrogens is 386 g/mol. The Kier molecular flexibility index (Phi) is 5.37. The van der Waals surface area contributed by atoms with Gasteiger partial charge in [0, 0.05) is 49.5 Å². The van der Waals surface area contributed by atoms with Gasteiger partial charge < -0.3 is 9.80 Å². The van der Waals surface area contributed by atoms with Crippen molar-refractivity contribution in [2.75, 3.05) is 29.4 Å². The first kappa shape index (κ1) is 19.7.